The van der Waals surface area contributed by atoms with Gasteiger partial charge in [0.15, 0.2) is 9.84 Å². The van der Waals surface area contributed by atoms with E-state index in [0.29, 0.717) is 23.2 Å². The maximum atomic E-state index is 11.7. The highest BCUT2D eigenvalue weighted by Gasteiger charge is 2.31. The second-order valence-electron chi connectivity index (χ2n) is 7.88. The van der Waals surface area contributed by atoms with E-state index in [1.54, 1.807) is 30.9 Å². The fourth-order valence-corrected chi connectivity index (χ4v) is 4.56. The smallest absolute Gasteiger partial charge is 0.244 e. The Morgan fingerprint density at radius 3 is 2.69 bits per heavy atom. The Morgan fingerprint density at radius 1 is 1.16 bits per heavy atom. The first kappa shape index (κ1) is 20.5. The summed E-state index contributed by atoms with van der Waals surface area (Å²) in [6.07, 6.45) is 10.1. The first-order chi connectivity index (χ1) is 15.5. The number of aromatic nitrogens is 5. The van der Waals surface area contributed by atoms with Crippen LogP contribution in [-0.4, -0.2) is 50.8 Å². The Balaban J connectivity index is 1.31. The third-order valence-corrected chi connectivity index (χ3v) is 6.73. The van der Waals surface area contributed by atoms with Crippen LogP contribution in [0.25, 0.3) is 17.2 Å². The standard InChI is InChI=1S/C22H22N6O3S/c1-32(29,30)18-7-4-16(5-8-18)14-27-11-2-3-19(27)22-25-21(26-31-22)17-6-9-20(24-13-17)28-12-10-23-15-28/h4-10,12-13,15,19H,2-3,11,14H2,1H3. The molecule has 0 bridgehead atoms. The number of nitrogens with zero attached hydrogens (tertiary/aromatic N) is 6. The maximum absolute atomic E-state index is 11.7. The summed E-state index contributed by atoms with van der Waals surface area (Å²) in [6.45, 7) is 1.60. The van der Waals surface area contributed by atoms with E-state index in [-0.39, 0.29) is 6.04 Å². The summed E-state index contributed by atoms with van der Waals surface area (Å²) < 4.78 is 30.8. The van der Waals surface area contributed by atoms with Crippen LogP contribution in [-0.2, 0) is 16.4 Å². The van der Waals surface area contributed by atoms with Crippen LogP contribution in [0.3, 0.4) is 0 Å². The third kappa shape index (κ3) is 4.19. The van der Waals surface area contributed by atoms with Gasteiger partial charge in [0.25, 0.3) is 0 Å². The zero-order chi connectivity index (χ0) is 22.1. The zero-order valence-electron chi connectivity index (χ0n) is 17.5. The lowest BCUT2D eigenvalue weighted by Gasteiger charge is -2.21. The Morgan fingerprint density at radius 2 is 2.00 bits per heavy atom. The quantitative estimate of drug-likeness (QED) is 0.441. The highest BCUT2D eigenvalue weighted by atomic mass is 32.2. The Bertz CT molecular complexity index is 1300. The molecular formula is C22H22N6O3S. The molecule has 9 nitrogen and oxygen atoms in total. The molecule has 5 rings (SSSR count). The summed E-state index contributed by atoms with van der Waals surface area (Å²) in [4.78, 5) is 15.7. The van der Waals surface area contributed by atoms with Crippen molar-refractivity contribution in [2.75, 3.05) is 12.8 Å². The van der Waals surface area contributed by atoms with Crippen molar-refractivity contribution < 1.29 is 12.9 Å². The van der Waals surface area contributed by atoms with E-state index in [1.807, 2.05) is 35.0 Å². The van der Waals surface area contributed by atoms with E-state index in [0.717, 1.165) is 36.3 Å². The lowest BCUT2D eigenvalue weighted by Crippen LogP contribution is -2.23. The number of pyridine rings is 1. The van der Waals surface area contributed by atoms with Crippen LogP contribution in [0.5, 0.6) is 0 Å². The van der Waals surface area contributed by atoms with E-state index < -0.39 is 9.84 Å². The van der Waals surface area contributed by atoms with E-state index in [1.165, 1.54) is 6.26 Å². The molecule has 1 aromatic carbocycles. The van der Waals surface area contributed by atoms with Gasteiger partial charge in [-0.05, 0) is 49.2 Å². The molecule has 164 valence electrons. The molecule has 1 aliphatic rings. The molecule has 4 aromatic rings. The van der Waals surface area contributed by atoms with Crippen LogP contribution in [0, 0.1) is 0 Å². The molecule has 10 heteroatoms. The summed E-state index contributed by atoms with van der Waals surface area (Å²) in [6, 6.07) is 10.9. The normalized spacial score (nSPS) is 17.1. The molecule has 0 radical (unpaired) electrons. The number of hydrogen-bond donors (Lipinski definition) is 0. The Kier molecular flexibility index (Phi) is 5.32. The minimum atomic E-state index is -3.20. The van der Waals surface area contributed by atoms with Crippen molar-refractivity contribution in [1.82, 2.24) is 29.6 Å². The minimum Gasteiger partial charge on any atom is -0.337 e. The molecule has 0 saturated carbocycles. The fourth-order valence-electron chi connectivity index (χ4n) is 3.93. The number of rotatable bonds is 6. The van der Waals surface area contributed by atoms with Gasteiger partial charge in [0.2, 0.25) is 11.7 Å². The summed E-state index contributed by atoms with van der Waals surface area (Å²) in [5, 5.41) is 4.16. The molecule has 0 spiro atoms. The van der Waals surface area contributed by atoms with Crippen LogP contribution in [0.15, 0.2) is 70.7 Å². The summed E-state index contributed by atoms with van der Waals surface area (Å²) in [5.74, 6) is 1.86. The molecule has 4 heterocycles. The predicted octanol–water partition coefficient (Wildman–Crippen LogP) is 3.06. The molecule has 0 amide bonds. The van der Waals surface area contributed by atoms with Gasteiger partial charge in [0.05, 0.1) is 10.9 Å². The summed E-state index contributed by atoms with van der Waals surface area (Å²) >= 11 is 0. The second kappa shape index (κ2) is 8.29. The van der Waals surface area contributed by atoms with Crippen LogP contribution in [0.2, 0.25) is 0 Å². The average molecular weight is 451 g/mol. The molecule has 1 saturated heterocycles. The first-order valence-electron chi connectivity index (χ1n) is 10.3. The van der Waals surface area contributed by atoms with Crippen LogP contribution < -0.4 is 0 Å². The fraction of sp³-hybridized carbons (Fsp3) is 0.273. The van der Waals surface area contributed by atoms with Gasteiger partial charge in [-0.3, -0.25) is 9.47 Å². The third-order valence-electron chi connectivity index (χ3n) is 5.60. The Hall–Kier alpha value is -3.37. The average Bonchev–Trinajstić information content (AvgIpc) is 3.55. The number of imidazole rings is 1. The molecule has 0 N–H and O–H groups in total. The van der Waals surface area contributed by atoms with Crippen molar-refractivity contribution in [2.24, 2.45) is 0 Å². The maximum Gasteiger partial charge on any atom is 0.244 e. The monoisotopic (exact) mass is 450 g/mol. The van der Waals surface area contributed by atoms with Crippen molar-refractivity contribution in [1.29, 1.82) is 0 Å². The zero-order valence-corrected chi connectivity index (χ0v) is 18.3. The number of hydrogen-bond acceptors (Lipinski definition) is 8. The molecule has 32 heavy (non-hydrogen) atoms. The van der Waals surface area contributed by atoms with Gasteiger partial charge in [-0.25, -0.2) is 18.4 Å². The van der Waals surface area contributed by atoms with E-state index >= 15 is 0 Å². The van der Waals surface area contributed by atoms with Gasteiger partial charge < -0.3 is 4.52 Å². The van der Waals surface area contributed by atoms with Crippen LogP contribution >= 0.6 is 0 Å². The van der Waals surface area contributed by atoms with Gasteiger partial charge in [0.1, 0.15) is 12.1 Å². The van der Waals surface area contributed by atoms with Crippen molar-refractivity contribution in [3.63, 3.8) is 0 Å². The lowest BCUT2D eigenvalue weighted by molar-refractivity contribution is 0.201. The van der Waals surface area contributed by atoms with Gasteiger partial charge >= 0.3 is 0 Å². The van der Waals surface area contributed by atoms with Crippen molar-refractivity contribution in [2.45, 2.75) is 30.3 Å². The van der Waals surface area contributed by atoms with Crippen LogP contribution in [0.4, 0.5) is 0 Å². The molecule has 1 unspecified atom stereocenters. The summed E-state index contributed by atoms with van der Waals surface area (Å²) in [7, 11) is -3.20. The Labute approximate surface area is 185 Å². The van der Waals surface area contributed by atoms with Crippen molar-refractivity contribution in [3.8, 4) is 17.2 Å². The molecule has 1 atom stereocenters. The predicted molar refractivity (Wildman–Crippen MR) is 117 cm³/mol. The van der Waals surface area contributed by atoms with Gasteiger partial charge in [-0.2, -0.15) is 4.98 Å². The second-order valence-corrected chi connectivity index (χ2v) is 9.89. The summed E-state index contributed by atoms with van der Waals surface area (Å²) in [5.41, 5.74) is 1.83. The SMILES string of the molecule is CS(=O)(=O)c1ccc(CN2CCCC2c2nc(-c3ccc(-n4ccnc4)nc3)no2)cc1. The highest BCUT2D eigenvalue weighted by molar-refractivity contribution is 7.90. The topological polar surface area (TPSA) is 107 Å². The van der Waals surface area contributed by atoms with Gasteiger partial charge in [-0.15, -0.1) is 0 Å². The number of likely N-dealkylation sites (tertiary alicyclic amines) is 1. The van der Waals surface area contributed by atoms with E-state index in [9.17, 15) is 8.42 Å². The number of benzene rings is 1. The van der Waals surface area contributed by atoms with Crippen LogP contribution in [0.1, 0.15) is 30.3 Å². The molecule has 0 aliphatic carbocycles. The first-order valence-corrected chi connectivity index (χ1v) is 12.2. The molecular weight excluding hydrogens is 428 g/mol. The van der Waals surface area contributed by atoms with E-state index in [2.05, 4.69) is 25.0 Å². The van der Waals surface area contributed by atoms with Crippen molar-refractivity contribution in [3.05, 3.63) is 72.8 Å². The molecule has 1 fully saturated rings. The molecule has 1 aliphatic heterocycles. The van der Waals surface area contributed by atoms with E-state index in [4.69, 9.17) is 4.52 Å². The number of sulfone groups is 1. The minimum absolute atomic E-state index is 0.0315. The molecule has 3 aromatic heterocycles. The van der Waals surface area contributed by atoms with Gasteiger partial charge in [-0.1, -0.05) is 17.3 Å². The largest absolute Gasteiger partial charge is 0.337 e. The van der Waals surface area contributed by atoms with Gasteiger partial charge in [0, 0.05) is 37.0 Å². The lowest BCUT2D eigenvalue weighted by atomic mass is 10.2. The highest BCUT2D eigenvalue weighted by Crippen LogP contribution is 2.33. The van der Waals surface area contributed by atoms with Crippen molar-refractivity contribution >= 4 is 9.84 Å².